The number of para-hydroxylation sites is 3. The first-order valence-electron chi connectivity index (χ1n) is 6.69. The fraction of sp³-hybridized carbons (Fsp3) is 0.176. The second-order valence-corrected chi connectivity index (χ2v) is 4.84. The molecular weight excluding hydrogens is 248 g/mol. The third-order valence-corrected chi connectivity index (χ3v) is 3.56. The highest BCUT2D eigenvalue weighted by Gasteiger charge is 2.06. The normalized spacial score (nSPS) is 10.7. The van der Waals surface area contributed by atoms with Crippen LogP contribution in [0.2, 0.25) is 0 Å². The van der Waals surface area contributed by atoms with Gasteiger partial charge in [-0.2, -0.15) is 0 Å². The van der Waals surface area contributed by atoms with Crippen LogP contribution in [-0.4, -0.2) is 11.7 Å². The topological polar surface area (TPSA) is 26.2 Å². The van der Waals surface area contributed by atoms with Gasteiger partial charge in [0.05, 0.1) is 12.8 Å². The van der Waals surface area contributed by atoms with Crippen LogP contribution in [0.3, 0.4) is 0 Å². The molecule has 0 spiro atoms. The lowest BCUT2D eigenvalue weighted by atomic mass is 10.1. The third kappa shape index (κ3) is 2.23. The summed E-state index contributed by atoms with van der Waals surface area (Å²) in [7, 11) is 3.77. The number of aromatic nitrogens is 1. The summed E-state index contributed by atoms with van der Waals surface area (Å²) < 4.78 is 7.52. The summed E-state index contributed by atoms with van der Waals surface area (Å²) in [6.07, 6.45) is 2.17. The number of aryl methyl sites for hydroxylation is 1. The Morgan fingerprint density at radius 2 is 1.80 bits per heavy atom. The smallest absolute Gasteiger partial charge is 0.141 e. The molecule has 2 aromatic carbocycles. The van der Waals surface area contributed by atoms with E-state index in [2.05, 4.69) is 47.4 Å². The molecule has 0 aliphatic carbocycles. The molecule has 0 fully saturated rings. The van der Waals surface area contributed by atoms with Gasteiger partial charge in [0, 0.05) is 30.7 Å². The zero-order chi connectivity index (χ0) is 13.9. The number of anilines is 1. The number of methoxy groups -OCH3 is 1. The number of rotatable bonds is 4. The molecule has 0 saturated heterocycles. The van der Waals surface area contributed by atoms with E-state index in [1.807, 2.05) is 24.3 Å². The van der Waals surface area contributed by atoms with Crippen molar-refractivity contribution in [2.24, 2.45) is 7.05 Å². The lowest BCUT2D eigenvalue weighted by molar-refractivity contribution is 0.416. The predicted molar refractivity (Wildman–Crippen MR) is 83.2 cm³/mol. The summed E-state index contributed by atoms with van der Waals surface area (Å²) in [6.45, 7) is 0.779. The van der Waals surface area contributed by atoms with E-state index in [1.54, 1.807) is 7.11 Å². The van der Waals surface area contributed by atoms with Crippen molar-refractivity contribution in [2.75, 3.05) is 12.4 Å². The molecule has 0 atom stereocenters. The average molecular weight is 266 g/mol. The van der Waals surface area contributed by atoms with Gasteiger partial charge in [-0.05, 0) is 23.8 Å². The van der Waals surface area contributed by atoms with Crippen LogP contribution in [0, 0.1) is 0 Å². The lowest BCUT2D eigenvalue weighted by Gasteiger charge is -2.10. The van der Waals surface area contributed by atoms with Gasteiger partial charge in [-0.15, -0.1) is 0 Å². The van der Waals surface area contributed by atoms with Crippen molar-refractivity contribution in [2.45, 2.75) is 6.54 Å². The predicted octanol–water partition coefficient (Wildman–Crippen LogP) is 3.80. The summed E-state index contributed by atoms with van der Waals surface area (Å²) >= 11 is 0. The van der Waals surface area contributed by atoms with Gasteiger partial charge in [0.15, 0.2) is 0 Å². The maximum Gasteiger partial charge on any atom is 0.141 e. The Kier molecular flexibility index (Phi) is 3.33. The summed E-state index contributed by atoms with van der Waals surface area (Å²) in [6, 6.07) is 16.4. The van der Waals surface area contributed by atoms with Crippen molar-refractivity contribution in [3.05, 3.63) is 60.3 Å². The number of nitrogens with zero attached hydrogens (tertiary/aromatic N) is 1. The number of nitrogens with one attached hydrogen (secondary N) is 1. The average Bonchev–Trinajstić information content (AvgIpc) is 2.82. The van der Waals surface area contributed by atoms with Gasteiger partial charge < -0.3 is 14.6 Å². The van der Waals surface area contributed by atoms with E-state index in [1.165, 1.54) is 16.5 Å². The van der Waals surface area contributed by atoms with Crippen molar-refractivity contribution in [3.63, 3.8) is 0 Å². The quantitative estimate of drug-likeness (QED) is 0.777. The van der Waals surface area contributed by atoms with Crippen molar-refractivity contribution < 1.29 is 4.74 Å². The Balaban J connectivity index is 1.87. The van der Waals surface area contributed by atoms with Gasteiger partial charge in [0.1, 0.15) is 5.75 Å². The maximum absolute atomic E-state index is 5.36. The number of benzene rings is 2. The van der Waals surface area contributed by atoms with E-state index in [-0.39, 0.29) is 0 Å². The molecule has 3 aromatic rings. The van der Waals surface area contributed by atoms with E-state index in [0.29, 0.717) is 0 Å². The van der Waals surface area contributed by atoms with Crippen LogP contribution in [0.5, 0.6) is 5.75 Å². The highest BCUT2D eigenvalue weighted by molar-refractivity contribution is 5.84. The van der Waals surface area contributed by atoms with Crippen LogP contribution < -0.4 is 10.1 Å². The molecule has 1 N–H and O–H groups in total. The Hall–Kier alpha value is -2.42. The van der Waals surface area contributed by atoms with Crippen LogP contribution in [0.4, 0.5) is 5.69 Å². The van der Waals surface area contributed by atoms with E-state index in [0.717, 1.165) is 18.0 Å². The Labute approximate surface area is 118 Å². The molecule has 0 aliphatic rings. The second-order valence-electron chi connectivity index (χ2n) is 4.84. The minimum atomic E-state index is 0.779. The number of hydrogen-bond donors (Lipinski definition) is 1. The number of hydrogen-bond acceptors (Lipinski definition) is 2. The molecule has 3 heteroatoms. The van der Waals surface area contributed by atoms with Gasteiger partial charge >= 0.3 is 0 Å². The summed E-state index contributed by atoms with van der Waals surface area (Å²) in [5.74, 6) is 0.868. The van der Waals surface area contributed by atoms with Crippen LogP contribution in [0.15, 0.2) is 54.7 Å². The molecule has 0 amide bonds. The lowest BCUT2D eigenvalue weighted by Crippen LogP contribution is -2.00. The van der Waals surface area contributed by atoms with Gasteiger partial charge in [-0.25, -0.2) is 0 Å². The highest BCUT2D eigenvalue weighted by atomic mass is 16.5. The van der Waals surface area contributed by atoms with E-state index in [9.17, 15) is 0 Å². The van der Waals surface area contributed by atoms with Crippen LogP contribution >= 0.6 is 0 Å². The Morgan fingerprint density at radius 1 is 1.05 bits per heavy atom. The minimum absolute atomic E-state index is 0.779. The summed E-state index contributed by atoms with van der Waals surface area (Å²) in [5.41, 5.74) is 3.56. The first-order valence-corrected chi connectivity index (χ1v) is 6.69. The van der Waals surface area contributed by atoms with Crippen molar-refractivity contribution in [1.29, 1.82) is 0 Å². The van der Waals surface area contributed by atoms with Crippen LogP contribution in [0.25, 0.3) is 10.9 Å². The first-order chi connectivity index (χ1) is 9.79. The molecule has 1 aromatic heterocycles. The van der Waals surface area contributed by atoms with Crippen LogP contribution in [-0.2, 0) is 13.6 Å². The molecule has 20 heavy (non-hydrogen) atoms. The zero-order valence-corrected chi connectivity index (χ0v) is 11.8. The van der Waals surface area contributed by atoms with Crippen molar-refractivity contribution in [1.82, 2.24) is 4.57 Å². The van der Waals surface area contributed by atoms with E-state index in [4.69, 9.17) is 4.74 Å². The Bertz CT molecular complexity index is 731. The standard InChI is InChI=1S/C17H18N2O/c1-19-12-13(14-7-3-5-9-16(14)19)11-18-15-8-4-6-10-17(15)20-2/h3-10,12,18H,11H2,1-2H3. The van der Waals surface area contributed by atoms with Gasteiger partial charge in [0.25, 0.3) is 0 Å². The second kappa shape index (κ2) is 5.29. The molecule has 1 heterocycles. The molecule has 0 saturated carbocycles. The molecule has 0 unspecified atom stereocenters. The Morgan fingerprint density at radius 3 is 2.65 bits per heavy atom. The SMILES string of the molecule is COc1ccccc1NCc1cn(C)c2ccccc12. The fourth-order valence-corrected chi connectivity index (χ4v) is 2.55. The molecule has 0 aliphatic heterocycles. The van der Waals surface area contributed by atoms with Crippen LogP contribution in [0.1, 0.15) is 5.56 Å². The van der Waals surface area contributed by atoms with E-state index >= 15 is 0 Å². The molecule has 3 nitrogen and oxygen atoms in total. The zero-order valence-electron chi connectivity index (χ0n) is 11.8. The molecule has 0 bridgehead atoms. The number of ether oxygens (including phenoxy) is 1. The minimum Gasteiger partial charge on any atom is -0.495 e. The largest absolute Gasteiger partial charge is 0.495 e. The first kappa shape index (κ1) is 12.6. The fourth-order valence-electron chi connectivity index (χ4n) is 2.55. The monoisotopic (exact) mass is 266 g/mol. The molecule has 102 valence electrons. The third-order valence-electron chi connectivity index (χ3n) is 3.56. The molecular formula is C17H18N2O. The van der Waals surface area contributed by atoms with Gasteiger partial charge in [-0.3, -0.25) is 0 Å². The number of fused-ring (bicyclic) bond motifs is 1. The van der Waals surface area contributed by atoms with Gasteiger partial charge in [-0.1, -0.05) is 30.3 Å². The maximum atomic E-state index is 5.36. The van der Waals surface area contributed by atoms with Crippen molar-refractivity contribution >= 4 is 16.6 Å². The van der Waals surface area contributed by atoms with E-state index < -0.39 is 0 Å². The molecule has 3 rings (SSSR count). The summed E-state index contributed by atoms with van der Waals surface area (Å²) in [4.78, 5) is 0. The summed E-state index contributed by atoms with van der Waals surface area (Å²) in [5, 5.41) is 4.74. The highest BCUT2D eigenvalue weighted by Crippen LogP contribution is 2.25. The van der Waals surface area contributed by atoms with Gasteiger partial charge in [0.2, 0.25) is 0 Å². The van der Waals surface area contributed by atoms with Crippen molar-refractivity contribution in [3.8, 4) is 5.75 Å². The molecule has 0 radical (unpaired) electrons.